The van der Waals surface area contributed by atoms with Gasteiger partial charge in [0.25, 0.3) is 0 Å². The van der Waals surface area contributed by atoms with Gasteiger partial charge in [0.05, 0.1) is 99.1 Å². The first-order chi connectivity index (χ1) is 21.8. The molecule has 10 nitrogen and oxygen atoms in total. The van der Waals surface area contributed by atoms with Crippen molar-refractivity contribution in [3.8, 4) is 0 Å². The number of allylic oxidation sites excluding steroid dienone is 2. The van der Waals surface area contributed by atoms with E-state index in [1.807, 2.05) is 0 Å². The van der Waals surface area contributed by atoms with Crippen molar-refractivity contribution in [2.75, 3.05) is 106 Å². The Hall–Kier alpha value is -0.660. The van der Waals surface area contributed by atoms with Crippen molar-refractivity contribution in [1.29, 1.82) is 0 Å². The van der Waals surface area contributed by atoms with Gasteiger partial charge in [-0.1, -0.05) is 76.9 Å². The van der Waals surface area contributed by atoms with E-state index in [9.17, 15) is 5.11 Å². The molecule has 0 aromatic rings. The Kier molecular flexibility index (Phi) is 39.8. The Balaban J connectivity index is 3.17. The molecule has 0 saturated carbocycles. The maximum absolute atomic E-state index is 9.99. The molecular formula is C34H69NO9. The van der Waals surface area contributed by atoms with E-state index in [1.54, 1.807) is 0 Å². The lowest BCUT2D eigenvalue weighted by Crippen LogP contribution is -2.34. The summed E-state index contributed by atoms with van der Waals surface area (Å²) in [6, 6.07) is 0. The van der Waals surface area contributed by atoms with Gasteiger partial charge in [-0.25, -0.2) is 0 Å². The second kappa shape index (κ2) is 40.4. The standard InChI is InChI=1S/C34H69NO9/c1-2-3-4-5-6-7-8-9-10-11-12-13-14-15-16-17-18-35-34(37)33-44-32-31-43-30-29-42-28-27-41-26-25-40-24-23-39-22-21-38-20-19-36/h9-10,34-37H,2-8,11-33H2,1H3/b10-9-. The summed E-state index contributed by atoms with van der Waals surface area (Å²) in [7, 11) is 0. The molecule has 0 spiro atoms. The minimum atomic E-state index is -0.636. The van der Waals surface area contributed by atoms with Crippen molar-refractivity contribution in [1.82, 2.24) is 5.32 Å². The molecule has 1 unspecified atom stereocenters. The largest absolute Gasteiger partial charge is 0.394 e. The van der Waals surface area contributed by atoms with Crippen LogP contribution in [-0.4, -0.2) is 122 Å². The van der Waals surface area contributed by atoms with Crippen LogP contribution in [0.1, 0.15) is 96.8 Å². The average molecular weight is 636 g/mol. The molecule has 0 aliphatic carbocycles. The van der Waals surface area contributed by atoms with Crippen LogP contribution >= 0.6 is 0 Å². The van der Waals surface area contributed by atoms with Gasteiger partial charge < -0.3 is 43.4 Å². The molecule has 1 atom stereocenters. The first-order valence-electron chi connectivity index (χ1n) is 17.5. The van der Waals surface area contributed by atoms with Crippen molar-refractivity contribution < 1.29 is 43.4 Å². The van der Waals surface area contributed by atoms with Gasteiger partial charge in [0, 0.05) is 0 Å². The van der Waals surface area contributed by atoms with E-state index in [2.05, 4.69) is 24.4 Å². The monoisotopic (exact) mass is 635 g/mol. The molecule has 44 heavy (non-hydrogen) atoms. The van der Waals surface area contributed by atoms with Crippen LogP contribution in [0, 0.1) is 0 Å². The Morgan fingerprint density at radius 1 is 0.477 bits per heavy atom. The van der Waals surface area contributed by atoms with E-state index >= 15 is 0 Å². The number of rotatable bonds is 39. The summed E-state index contributed by atoms with van der Waals surface area (Å²) in [5.74, 6) is 0. The maximum atomic E-state index is 9.99. The van der Waals surface area contributed by atoms with E-state index in [0.29, 0.717) is 85.9 Å². The van der Waals surface area contributed by atoms with Crippen molar-refractivity contribution >= 4 is 0 Å². The highest BCUT2D eigenvalue weighted by Gasteiger charge is 2.03. The molecule has 0 aliphatic rings. The Bertz CT molecular complexity index is 543. The Labute approximate surface area is 269 Å². The third-order valence-corrected chi connectivity index (χ3v) is 6.81. The van der Waals surface area contributed by atoms with E-state index in [4.69, 9.17) is 38.3 Å². The molecule has 264 valence electrons. The van der Waals surface area contributed by atoms with Crippen LogP contribution in [0.3, 0.4) is 0 Å². The fourth-order valence-corrected chi connectivity index (χ4v) is 4.28. The molecule has 10 heteroatoms. The van der Waals surface area contributed by atoms with Crippen LogP contribution in [0.15, 0.2) is 12.2 Å². The first-order valence-corrected chi connectivity index (χ1v) is 17.5. The van der Waals surface area contributed by atoms with Crippen molar-refractivity contribution in [3.63, 3.8) is 0 Å². The molecule has 0 bridgehead atoms. The van der Waals surface area contributed by atoms with Crippen LogP contribution in [0.4, 0.5) is 0 Å². The maximum Gasteiger partial charge on any atom is 0.128 e. The molecule has 0 heterocycles. The zero-order chi connectivity index (χ0) is 31.9. The summed E-state index contributed by atoms with van der Waals surface area (Å²) in [5, 5.41) is 21.7. The lowest BCUT2D eigenvalue weighted by Gasteiger charge is -2.13. The molecule has 0 radical (unpaired) electrons. The number of hydrogen-bond donors (Lipinski definition) is 3. The number of aliphatic hydroxyl groups is 2. The third kappa shape index (κ3) is 39.4. The zero-order valence-corrected chi connectivity index (χ0v) is 28.2. The van der Waals surface area contributed by atoms with Gasteiger partial charge in [-0.05, 0) is 38.6 Å². The highest BCUT2D eigenvalue weighted by Crippen LogP contribution is 2.09. The fourth-order valence-electron chi connectivity index (χ4n) is 4.28. The van der Waals surface area contributed by atoms with Crippen LogP contribution in [-0.2, 0) is 33.2 Å². The van der Waals surface area contributed by atoms with Gasteiger partial charge in [0.2, 0.25) is 0 Å². The molecule has 0 aromatic carbocycles. The summed E-state index contributed by atoms with van der Waals surface area (Å²) >= 11 is 0. The number of aliphatic hydroxyl groups excluding tert-OH is 2. The molecule has 0 fully saturated rings. The van der Waals surface area contributed by atoms with Crippen molar-refractivity contribution in [3.05, 3.63) is 12.2 Å². The summed E-state index contributed by atoms with van der Waals surface area (Å²) in [6.45, 7) is 9.64. The number of hydrogen-bond acceptors (Lipinski definition) is 10. The molecule has 0 saturated heterocycles. The van der Waals surface area contributed by atoms with E-state index in [1.165, 1.54) is 83.5 Å². The van der Waals surface area contributed by atoms with E-state index < -0.39 is 6.23 Å². The minimum absolute atomic E-state index is 0.0286. The Morgan fingerprint density at radius 2 is 0.841 bits per heavy atom. The minimum Gasteiger partial charge on any atom is -0.394 e. The van der Waals surface area contributed by atoms with Gasteiger partial charge >= 0.3 is 0 Å². The number of ether oxygens (including phenoxy) is 7. The second-order valence-corrected chi connectivity index (χ2v) is 10.9. The number of unbranched alkanes of at least 4 members (excludes halogenated alkanes) is 12. The number of nitrogens with one attached hydrogen (secondary N) is 1. The summed E-state index contributed by atoms with van der Waals surface area (Å²) in [4.78, 5) is 0. The smallest absolute Gasteiger partial charge is 0.128 e. The molecule has 0 amide bonds. The molecule has 0 rings (SSSR count). The van der Waals surface area contributed by atoms with Crippen LogP contribution in [0.25, 0.3) is 0 Å². The summed E-state index contributed by atoms with van der Waals surface area (Å²) in [6.07, 6.45) is 22.3. The fraction of sp³-hybridized carbons (Fsp3) is 0.941. The molecular weight excluding hydrogens is 566 g/mol. The summed E-state index contributed by atoms with van der Waals surface area (Å²) in [5.41, 5.74) is 0. The van der Waals surface area contributed by atoms with Crippen LogP contribution in [0.2, 0.25) is 0 Å². The van der Waals surface area contributed by atoms with Gasteiger partial charge in [0.15, 0.2) is 0 Å². The zero-order valence-electron chi connectivity index (χ0n) is 28.2. The molecule has 3 N–H and O–H groups in total. The normalized spacial score (nSPS) is 12.5. The highest BCUT2D eigenvalue weighted by atomic mass is 16.6. The van der Waals surface area contributed by atoms with Gasteiger partial charge in [-0.2, -0.15) is 0 Å². The first kappa shape index (κ1) is 43.3. The van der Waals surface area contributed by atoms with Gasteiger partial charge in [-0.15, -0.1) is 0 Å². The lowest BCUT2D eigenvalue weighted by atomic mass is 10.1. The molecule has 0 aromatic heterocycles. The van der Waals surface area contributed by atoms with Gasteiger partial charge in [0.1, 0.15) is 6.23 Å². The SMILES string of the molecule is CCCCCCCC/C=C\CCCCCCCCNC(O)COCCOCCOCCOCCOCCOCCOCCO. The van der Waals surface area contributed by atoms with E-state index in [-0.39, 0.29) is 13.2 Å². The average Bonchev–Trinajstić information content (AvgIpc) is 3.03. The van der Waals surface area contributed by atoms with E-state index in [0.717, 1.165) is 13.0 Å². The lowest BCUT2D eigenvalue weighted by molar-refractivity contribution is -0.0288. The van der Waals surface area contributed by atoms with Crippen LogP contribution < -0.4 is 5.32 Å². The predicted molar refractivity (Wildman–Crippen MR) is 176 cm³/mol. The van der Waals surface area contributed by atoms with Crippen LogP contribution in [0.5, 0.6) is 0 Å². The second-order valence-electron chi connectivity index (χ2n) is 10.9. The highest BCUT2D eigenvalue weighted by molar-refractivity contribution is 4.81. The van der Waals surface area contributed by atoms with Crippen molar-refractivity contribution in [2.45, 2.75) is 103 Å². The quantitative estimate of drug-likeness (QED) is 0.0482. The molecule has 0 aliphatic heterocycles. The van der Waals surface area contributed by atoms with Crippen molar-refractivity contribution in [2.24, 2.45) is 0 Å². The summed E-state index contributed by atoms with van der Waals surface area (Å²) < 4.78 is 37.7. The Morgan fingerprint density at radius 3 is 1.27 bits per heavy atom. The topological polar surface area (TPSA) is 117 Å². The van der Waals surface area contributed by atoms with Gasteiger partial charge in [-0.3, -0.25) is 5.32 Å². The predicted octanol–water partition coefficient (Wildman–Crippen LogP) is 5.04. The third-order valence-electron chi connectivity index (χ3n) is 6.81.